The Morgan fingerprint density at radius 1 is 1.32 bits per heavy atom. The first-order valence-corrected chi connectivity index (χ1v) is 8.64. The Balaban J connectivity index is 1.69. The molecule has 3 unspecified atom stereocenters. The van der Waals surface area contributed by atoms with Crippen molar-refractivity contribution in [2.45, 2.75) is 70.5 Å². The second-order valence-corrected chi connectivity index (χ2v) is 7.02. The molecule has 1 aliphatic rings. The number of hydrogen-bond acceptors (Lipinski definition) is 3. The van der Waals surface area contributed by atoms with Crippen molar-refractivity contribution >= 4 is 11.3 Å². The molecule has 1 aromatic heterocycles. The molecule has 0 bridgehead atoms. The van der Waals surface area contributed by atoms with E-state index in [1.165, 1.54) is 43.5 Å². The highest BCUT2D eigenvalue weighted by Crippen LogP contribution is 2.14. The number of rotatable bonds is 6. The van der Waals surface area contributed by atoms with Crippen LogP contribution in [0.25, 0.3) is 0 Å². The van der Waals surface area contributed by atoms with Gasteiger partial charge in [-0.3, -0.25) is 0 Å². The van der Waals surface area contributed by atoms with Crippen molar-refractivity contribution in [2.75, 3.05) is 6.54 Å². The first kappa shape index (κ1) is 15.0. The maximum absolute atomic E-state index is 3.75. The summed E-state index contributed by atoms with van der Waals surface area (Å²) in [5.74, 6) is 0. The van der Waals surface area contributed by atoms with Gasteiger partial charge in [-0.25, -0.2) is 0 Å². The third-order valence-electron chi connectivity index (χ3n) is 3.96. The monoisotopic (exact) mass is 280 g/mol. The predicted octanol–water partition coefficient (Wildman–Crippen LogP) is 3.58. The van der Waals surface area contributed by atoms with Crippen molar-refractivity contribution in [1.29, 1.82) is 0 Å². The molecule has 108 valence electrons. The first-order valence-electron chi connectivity index (χ1n) is 7.76. The van der Waals surface area contributed by atoms with Gasteiger partial charge in [-0.1, -0.05) is 18.9 Å². The normalized spacial score (nSPS) is 23.8. The van der Waals surface area contributed by atoms with E-state index in [2.05, 4.69) is 42.0 Å². The molecule has 3 atom stereocenters. The van der Waals surface area contributed by atoms with Crippen molar-refractivity contribution in [1.82, 2.24) is 10.6 Å². The van der Waals surface area contributed by atoms with Crippen molar-refractivity contribution in [3.05, 3.63) is 22.4 Å². The Bertz CT molecular complexity index is 329. The Hall–Kier alpha value is -0.380. The molecule has 0 aromatic carbocycles. The van der Waals surface area contributed by atoms with E-state index in [9.17, 15) is 0 Å². The third kappa shape index (κ3) is 5.64. The molecule has 1 saturated heterocycles. The van der Waals surface area contributed by atoms with Gasteiger partial charge < -0.3 is 10.6 Å². The molecule has 1 aliphatic heterocycles. The lowest BCUT2D eigenvalue weighted by atomic mass is 10.0. The van der Waals surface area contributed by atoms with Crippen molar-refractivity contribution in [3.63, 3.8) is 0 Å². The summed E-state index contributed by atoms with van der Waals surface area (Å²) < 4.78 is 0. The van der Waals surface area contributed by atoms with E-state index < -0.39 is 0 Å². The third-order valence-corrected chi connectivity index (χ3v) is 4.86. The van der Waals surface area contributed by atoms with Gasteiger partial charge in [0.05, 0.1) is 0 Å². The van der Waals surface area contributed by atoms with Crippen LogP contribution in [0.15, 0.2) is 17.5 Å². The minimum atomic E-state index is 0.569. The zero-order valence-electron chi connectivity index (χ0n) is 12.3. The van der Waals surface area contributed by atoms with Crippen LogP contribution in [0, 0.1) is 0 Å². The summed E-state index contributed by atoms with van der Waals surface area (Å²) in [6.45, 7) is 5.84. The van der Waals surface area contributed by atoms with Crippen molar-refractivity contribution < 1.29 is 0 Å². The van der Waals surface area contributed by atoms with Crippen LogP contribution in [-0.2, 0) is 6.42 Å². The summed E-state index contributed by atoms with van der Waals surface area (Å²) in [7, 11) is 0. The summed E-state index contributed by atoms with van der Waals surface area (Å²) in [4.78, 5) is 1.49. The van der Waals surface area contributed by atoms with Crippen molar-refractivity contribution in [2.24, 2.45) is 0 Å². The van der Waals surface area contributed by atoms with E-state index in [-0.39, 0.29) is 0 Å². The zero-order valence-corrected chi connectivity index (χ0v) is 13.1. The topological polar surface area (TPSA) is 24.1 Å². The highest BCUT2D eigenvalue weighted by Gasteiger charge is 2.16. The molecule has 1 fully saturated rings. The van der Waals surface area contributed by atoms with Crippen LogP contribution in [0.3, 0.4) is 0 Å². The van der Waals surface area contributed by atoms with E-state index in [0.29, 0.717) is 12.1 Å². The van der Waals surface area contributed by atoms with Crippen LogP contribution in [-0.4, -0.2) is 24.7 Å². The Kier molecular flexibility index (Phi) is 6.35. The molecular weight excluding hydrogens is 252 g/mol. The highest BCUT2D eigenvalue weighted by atomic mass is 32.1. The molecule has 0 amide bonds. The van der Waals surface area contributed by atoms with Gasteiger partial charge in [0.25, 0.3) is 0 Å². The van der Waals surface area contributed by atoms with Gasteiger partial charge in [-0.15, -0.1) is 11.3 Å². The minimum Gasteiger partial charge on any atom is -0.314 e. The van der Waals surface area contributed by atoms with E-state index in [1.807, 2.05) is 11.3 Å². The van der Waals surface area contributed by atoms with E-state index in [0.717, 1.165) is 12.5 Å². The quantitative estimate of drug-likeness (QED) is 0.832. The Morgan fingerprint density at radius 3 is 3.00 bits per heavy atom. The fraction of sp³-hybridized carbons (Fsp3) is 0.750. The maximum atomic E-state index is 3.75. The summed E-state index contributed by atoms with van der Waals surface area (Å²) in [5.41, 5.74) is 0. The minimum absolute atomic E-state index is 0.569. The average Bonchev–Trinajstić information content (AvgIpc) is 2.72. The molecule has 2 heterocycles. The van der Waals surface area contributed by atoms with E-state index in [1.54, 1.807) is 0 Å². The molecule has 0 spiro atoms. The summed E-state index contributed by atoms with van der Waals surface area (Å²) in [6.07, 6.45) is 7.92. The van der Waals surface area contributed by atoms with E-state index >= 15 is 0 Å². The van der Waals surface area contributed by atoms with Crippen LogP contribution < -0.4 is 10.6 Å². The molecule has 19 heavy (non-hydrogen) atoms. The second kappa shape index (κ2) is 8.03. The van der Waals surface area contributed by atoms with Gasteiger partial charge in [0.2, 0.25) is 0 Å². The molecule has 2 N–H and O–H groups in total. The Labute approximate surface area is 122 Å². The van der Waals surface area contributed by atoms with Gasteiger partial charge in [0.15, 0.2) is 0 Å². The van der Waals surface area contributed by atoms with Gasteiger partial charge in [-0.05, 0) is 57.5 Å². The largest absolute Gasteiger partial charge is 0.314 e. The maximum Gasteiger partial charge on any atom is 0.00895 e. The van der Waals surface area contributed by atoms with Crippen LogP contribution >= 0.6 is 11.3 Å². The number of hydrogen-bond donors (Lipinski definition) is 2. The molecule has 0 saturated carbocycles. The molecule has 0 radical (unpaired) electrons. The smallest absolute Gasteiger partial charge is 0.00895 e. The molecule has 2 nitrogen and oxygen atoms in total. The Morgan fingerprint density at radius 2 is 2.21 bits per heavy atom. The summed E-state index contributed by atoms with van der Waals surface area (Å²) in [6, 6.07) is 6.27. The van der Waals surface area contributed by atoms with E-state index in [4.69, 9.17) is 0 Å². The fourth-order valence-electron chi connectivity index (χ4n) is 3.07. The summed E-state index contributed by atoms with van der Waals surface area (Å²) in [5, 5.41) is 9.61. The van der Waals surface area contributed by atoms with Gasteiger partial charge in [0, 0.05) is 23.0 Å². The predicted molar refractivity (Wildman–Crippen MR) is 85.0 cm³/mol. The molecule has 0 aliphatic carbocycles. The molecule has 2 rings (SSSR count). The van der Waals surface area contributed by atoms with Crippen LogP contribution in [0.2, 0.25) is 0 Å². The molecule has 3 heteroatoms. The first-order chi connectivity index (χ1) is 9.24. The van der Waals surface area contributed by atoms with Crippen LogP contribution in [0.4, 0.5) is 0 Å². The van der Waals surface area contributed by atoms with Crippen molar-refractivity contribution in [3.8, 4) is 0 Å². The standard InChI is InChI=1S/C16H28N2S/c1-13(11-15-7-4-3-5-9-17-15)18-14(2)12-16-8-6-10-19-16/h6,8,10,13-15,17-18H,3-5,7,9,11-12H2,1-2H3. The average molecular weight is 280 g/mol. The highest BCUT2D eigenvalue weighted by molar-refractivity contribution is 7.09. The number of nitrogens with one attached hydrogen (secondary N) is 2. The lowest BCUT2D eigenvalue weighted by molar-refractivity contribution is 0.377. The van der Waals surface area contributed by atoms with Crippen LogP contribution in [0.5, 0.6) is 0 Å². The van der Waals surface area contributed by atoms with Gasteiger partial charge >= 0.3 is 0 Å². The molecular formula is C16H28N2S. The second-order valence-electron chi connectivity index (χ2n) is 5.99. The number of thiophene rings is 1. The SMILES string of the molecule is CC(Cc1cccs1)NC(C)CC1CCCCCN1. The zero-order chi connectivity index (χ0) is 13.5. The molecule has 1 aromatic rings. The lowest BCUT2D eigenvalue weighted by Crippen LogP contribution is -2.41. The van der Waals surface area contributed by atoms with Gasteiger partial charge in [0.1, 0.15) is 0 Å². The van der Waals surface area contributed by atoms with Gasteiger partial charge in [-0.2, -0.15) is 0 Å². The summed E-state index contributed by atoms with van der Waals surface area (Å²) >= 11 is 1.86. The van der Waals surface area contributed by atoms with Crippen LogP contribution in [0.1, 0.15) is 50.8 Å². The fourth-order valence-corrected chi connectivity index (χ4v) is 3.91. The lowest BCUT2D eigenvalue weighted by Gasteiger charge is -2.24.